The van der Waals surface area contributed by atoms with Gasteiger partial charge in [0.1, 0.15) is 11.6 Å². The van der Waals surface area contributed by atoms with Gasteiger partial charge in [-0.15, -0.1) is 0 Å². The molecule has 1 aliphatic rings. The van der Waals surface area contributed by atoms with Crippen molar-refractivity contribution in [3.8, 4) is 0 Å². The largest absolute Gasteiger partial charge is 0.353 e. The maximum Gasteiger partial charge on any atom is 0.220 e. The molecule has 0 aliphatic heterocycles. The van der Waals surface area contributed by atoms with Gasteiger partial charge < -0.3 is 15.5 Å². The van der Waals surface area contributed by atoms with Crippen LogP contribution in [0.25, 0.3) is 0 Å². The Morgan fingerprint density at radius 2 is 1.76 bits per heavy atom. The molecular formula is C26H32ClF2N3O2. The molecule has 1 saturated carbocycles. The van der Waals surface area contributed by atoms with Crippen molar-refractivity contribution in [2.45, 2.75) is 63.1 Å². The molecule has 0 heterocycles. The molecule has 3 rings (SSSR count). The molecule has 34 heavy (non-hydrogen) atoms. The van der Waals surface area contributed by atoms with Gasteiger partial charge in [0, 0.05) is 47.6 Å². The zero-order chi connectivity index (χ0) is 24.7. The van der Waals surface area contributed by atoms with E-state index in [2.05, 4.69) is 35.7 Å². The van der Waals surface area contributed by atoms with Crippen LogP contribution in [-0.4, -0.2) is 42.4 Å². The van der Waals surface area contributed by atoms with Crippen LogP contribution in [0.15, 0.2) is 42.5 Å². The van der Waals surface area contributed by atoms with Gasteiger partial charge in [-0.2, -0.15) is 0 Å². The minimum Gasteiger partial charge on any atom is -0.353 e. The van der Waals surface area contributed by atoms with Gasteiger partial charge in [-0.05, 0) is 70.0 Å². The van der Waals surface area contributed by atoms with Crippen LogP contribution in [0, 0.1) is 11.6 Å². The third-order valence-electron chi connectivity index (χ3n) is 6.72. The van der Waals surface area contributed by atoms with Crippen molar-refractivity contribution >= 4 is 23.4 Å². The van der Waals surface area contributed by atoms with Gasteiger partial charge in [-0.1, -0.05) is 29.8 Å². The molecule has 0 unspecified atom stereocenters. The van der Waals surface area contributed by atoms with Gasteiger partial charge in [0.05, 0.1) is 0 Å². The minimum atomic E-state index is -0.709. The van der Waals surface area contributed by atoms with Crippen molar-refractivity contribution in [2.75, 3.05) is 14.1 Å². The van der Waals surface area contributed by atoms with E-state index in [4.69, 9.17) is 11.6 Å². The lowest BCUT2D eigenvalue weighted by Gasteiger charge is -2.45. The second-order valence-corrected chi connectivity index (χ2v) is 9.72. The molecule has 2 aromatic carbocycles. The third kappa shape index (κ3) is 7.24. The average Bonchev–Trinajstić information content (AvgIpc) is 2.78. The first kappa shape index (κ1) is 26.1. The average molecular weight is 492 g/mol. The van der Waals surface area contributed by atoms with Crippen LogP contribution in [-0.2, 0) is 22.6 Å². The Balaban J connectivity index is 1.42. The summed E-state index contributed by atoms with van der Waals surface area (Å²) in [4.78, 5) is 26.7. The lowest BCUT2D eigenvalue weighted by Crippen LogP contribution is -2.52. The molecule has 0 spiro atoms. The summed E-state index contributed by atoms with van der Waals surface area (Å²) in [7, 11) is 4.19. The molecule has 8 heteroatoms. The van der Waals surface area contributed by atoms with Crippen LogP contribution in [0.5, 0.6) is 0 Å². The highest BCUT2D eigenvalue weighted by Gasteiger charge is 2.37. The SMILES string of the molecule is CN(C)C1(Cc2cccc(Cl)c2)CCC(NC(=O)CCC(=O)NCc2ccc(F)cc2F)CC1. The van der Waals surface area contributed by atoms with E-state index in [-0.39, 0.29) is 48.3 Å². The topological polar surface area (TPSA) is 61.4 Å². The molecule has 1 aliphatic carbocycles. The molecule has 2 N–H and O–H groups in total. The fourth-order valence-electron chi connectivity index (χ4n) is 4.58. The highest BCUT2D eigenvalue weighted by Crippen LogP contribution is 2.36. The summed E-state index contributed by atoms with van der Waals surface area (Å²) < 4.78 is 26.6. The Hall–Kier alpha value is -2.51. The molecule has 1 fully saturated rings. The van der Waals surface area contributed by atoms with Crippen LogP contribution < -0.4 is 10.6 Å². The highest BCUT2D eigenvalue weighted by molar-refractivity contribution is 6.30. The number of nitrogens with one attached hydrogen (secondary N) is 2. The molecule has 0 bridgehead atoms. The van der Waals surface area contributed by atoms with Gasteiger partial charge >= 0.3 is 0 Å². The molecule has 0 atom stereocenters. The number of amides is 2. The first-order valence-electron chi connectivity index (χ1n) is 11.6. The summed E-state index contributed by atoms with van der Waals surface area (Å²) in [6.45, 7) is -0.0472. The van der Waals surface area contributed by atoms with E-state index >= 15 is 0 Å². The number of halogens is 3. The maximum absolute atomic E-state index is 13.7. The summed E-state index contributed by atoms with van der Waals surface area (Å²) in [6, 6.07) is 11.2. The molecule has 2 amide bonds. The Bertz CT molecular complexity index is 1010. The van der Waals surface area contributed by atoms with Crippen LogP contribution in [0.2, 0.25) is 5.02 Å². The van der Waals surface area contributed by atoms with Crippen molar-refractivity contribution in [3.63, 3.8) is 0 Å². The molecule has 0 saturated heterocycles. The second kappa shape index (κ2) is 11.8. The summed E-state index contributed by atoms with van der Waals surface area (Å²) >= 11 is 6.16. The van der Waals surface area contributed by atoms with Crippen molar-refractivity contribution in [1.29, 1.82) is 0 Å². The van der Waals surface area contributed by atoms with Gasteiger partial charge in [-0.25, -0.2) is 8.78 Å². The van der Waals surface area contributed by atoms with Crippen LogP contribution in [0.1, 0.15) is 49.7 Å². The highest BCUT2D eigenvalue weighted by atomic mass is 35.5. The third-order valence-corrected chi connectivity index (χ3v) is 6.96. The number of carbonyl (C=O) groups excluding carboxylic acids is 2. The normalized spacial score (nSPS) is 20.2. The van der Waals surface area contributed by atoms with Gasteiger partial charge in [0.25, 0.3) is 0 Å². The number of likely N-dealkylation sites (N-methyl/N-ethyl adjacent to an activating group) is 1. The fraction of sp³-hybridized carbons (Fsp3) is 0.462. The molecule has 5 nitrogen and oxygen atoms in total. The quantitative estimate of drug-likeness (QED) is 0.538. The number of rotatable bonds is 9. The van der Waals surface area contributed by atoms with E-state index in [0.29, 0.717) is 0 Å². The van der Waals surface area contributed by atoms with E-state index in [9.17, 15) is 18.4 Å². The summed E-state index contributed by atoms with van der Waals surface area (Å²) in [5.74, 6) is -1.89. The molecule has 0 radical (unpaired) electrons. The van der Waals surface area contributed by atoms with Crippen LogP contribution in [0.3, 0.4) is 0 Å². The van der Waals surface area contributed by atoms with Crippen molar-refractivity contribution in [1.82, 2.24) is 15.5 Å². The van der Waals surface area contributed by atoms with Crippen molar-refractivity contribution in [2.24, 2.45) is 0 Å². The molecule has 2 aromatic rings. The van der Waals surface area contributed by atoms with E-state index in [1.807, 2.05) is 18.2 Å². The van der Waals surface area contributed by atoms with E-state index in [1.54, 1.807) is 0 Å². The van der Waals surface area contributed by atoms with E-state index in [1.165, 1.54) is 11.6 Å². The first-order chi connectivity index (χ1) is 16.2. The number of nitrogens with zero attached hydrogens (tertiary/aromatic N) is 1. The number of benzene rings is 2. The number of hydrogen-bond acceptors (Lipinski definition) is 3. The second-order valence-electron chi connectivity index (χ2n) is 9.28. The maximum atomic E-state index is 13.7. The first-order valence-corrected chi connectivity index (χ1v) is 12.0. The van der Waals surface area contributed by atoms with Crippen LogP contribution in [0.4, 0.5) is 8.78 Å². The fourth-order valence-corrected chi connectivity index (χ4v) is 4.80. The predicted octanol–water partition coefficient (Wildman–Crippen LogP) is 4.62. The van der Waals surface area contributed by atoms with Crippen molar-refractivity contribution in [3.05, 3.63) is 70.2 Å². The molecule has 0 aromatic heterocycles. The molecular weight excluding hydrogens is 460 g/mol. The van der Waals surface area contributed by atoms with Gasteiger partial charge in [0.2, 0.25) is 11.8 Å². The van der Waals surface area contributed by atoms with E-state index < -0.39 is 11.6 Å². The Morgan fingerprint density at radius 3 is 2.41 bits per heavy atom. The van der Waals surface area contributed by atoms with Gasteiger partial charge in [0.15, 0.2) is 0 Å². The van der Waals surface area contributed by atoms with Crippen LogP contribution >= 0.6 is 11.6 Å². The minimum absolute atomic E-state index is 0.0117. The Kier molecular flexibility index (Phi) is 9.03. The lowest BCUT2D eigenvalue weighted by molar-refractivity contribution is -0.127. The zero-order valence-corrected chi connectivity index (χ0v) is 20.4. The summed E-state index contributed by atoms with van der Waals surface area (Å²) in [6.07, 6.45) is 4.59. The number of hydrogen-bond donors (Lipinski definition) is 2. The smallest absolute Gasteiger partial charge is 0.220 e. The van der Waals surface area contributed by atoms with Crippen molar-refractivity contribution < 1.29 is 18.4 Å². The number of carbonyl (C=O) groups is 2. The molecule has 184 valence electrons. The predicted molar refractivity (Wildman–Crippen MR) is 129 cm³/mol. The van der Waals surface area contributed by atoms with E-state index in [0.717, 1.165) is 49.3 Å². The Morgan fingerprint density at radius 1 is 1.06 bits per heavy atom. The summed E-state index contributed by atoms with van der Waals surface area (Å²) in [5.41, 5.74) is 1.42. The summed E-state index contributed by atoms with van der Waals surface area (Å²) in [5, 5.41) is 6.36. The standard InChI is InChI=1S/C26H32ClF2N3O2/c1-32(2)26(16-18-4-3-5-20(27)14-18)12-10-22(11-13-26)31-25(34)9-8-24(33)30-17-19-6-7-21(28)15-23(19)29/h3-7,14-15,22H,8-13,16-17H2,1-2H3,(H,30,33)(H,31,34). The Labute approximate surface area is 204 Å². The monoisotopic (exact) mass is 491 g/mol. The zero-order valence-electron chi connectivity index (χ0n) is 19.7. The van der Waals surface area contributed by atoms with Gasteiger partial charge in [-0.3, -0.25) is 9.59 Å². The lowest BCUT2D eigenvalue weighted by atomic mass is 9.75.